The number of ketones is 1. The molecule has 1 rings (SSSR count). The van der Waals surface area contributed by atoms with Gasteiger partial charge in [0.25, 0.3) is 0 Å². The van der Waals surface area contributed by atoms with Crippen LogP contribution in [0.2, 0.25) is 0 Å². The Morgan fingerprint density at radius 2 is 2.25 bits per heavy atom. The molecule has 0 N–H and O–H groups in total. The Hall–Kier alpha value is -0.830. The summed E-state index contributed by atoms with van der Waals surface area (Å²) in [6.07, 6.45) is 1.39. The summed E-state index contributed by atoms with van der Waals surface area (Å²) in [5.74, 6) is 1.24. The first-order valence-electron chi connectivity index (χ1n) is 5.54. The highest BCUT2D eigenvalue weighted by atomic mass is 79.9. The van der Waals surface area contributed by atoms with Gasteiger partial charge in [0.15, 0.2) is 0 Å². The van der Waals surface area contributed by atoms with Crippen LogP contribution in [0.4, 0.5) is 0 Å². The lowest BCUT2D eigenvalue weighted by atomic mass is 10.0. The maximum Gasteiger partial charge on any atom is 0.135 e. The van der Waals surface area contributed by atoms with Gasteiger partial charge in [0.2, 0.25) is 0 Å². The van der Waals surface area contributed by atoms with Gasteiger partial charge in [0.05, 0.1) is 6.61 Å². The molecule has 1 aromatic carbocycles. The smallest absolute Gasteiger partial charge is 0.135 e. The van der Waals surface area contributed by atoms with E-state index in [9.17, 15) is 4.79 Å². The predicted molar refractivity (Wildman–Crippen MR) is 68.7 cm³/mol. The Balaban J connectivity index is 2.33. The first-order valence-corrected chi connectivity index (χ1v) is 6.34. The van der Waals surface area contributed by atoms with Crippen LogP contribution in [0.25, 0.3) is 0 Å². The number of rotatable bonds is 6. The number of Topliss-reactive ketones (excluding diaryl/α,β-unsaturated/α-hetero) is 1. The van der Waals surface area contributed by atoms with Crippen LogP contribution in [-0.2, 0) is 4.79 Å². The molecule has 0 aliphatic carbocycles. The largest absolute Gasteiger partial charge is 0.494 e. The fourth-order valence-electron chi connectivity index (χ4n) is 1.42. The lowest BCUT2D eigenvalue weighted by molar-refractivity contribution is -0.122. The lowest BCUT2D eigenvalue weighted by Crippen LogP contribution is -2.13. The van der Waals surface area contributed by atoms with Gasteiger partial charge in [-0.3, -0.25) is 4.79 Å². The van der Waals surface area contributed by atoms with Crippen molar-refractivity contribution < 1.29 is 9.53 Å². The normalized spacial score (nSPS) is 12.2. The summed E-state index contributed by atoms with van der Waals surface area (Å²) in [6.45, 7) is 4.44. The molecule has 1 aromatic rings. The molecule has 1 unspecified atom stereocenters. The van der Waals surface area contributed by atoms with Gasteiger partial charge in [0, 0.05) is 16.8 Å². The van der Waals surface area contributed by atoms with Crippen LogP contribution >= 0.6 is 15.9 Å². The fourth-order valence-corrected chi connectivity index (χ4v) is 1.80. The molecule has 0 spiro atoms. The molecule has 2 nitrogen and oxygen atoms in total. The minimum Gasteiger partial charge on any atom is -0.494 e. The highest BCUT2D eigenvalue weighted by molar-refractivity contribution is 9.10. The van der Waals surface area contributed by atoms with Gasteiger partial charge >= 0.3 is 0 Å². The van der Waals surface area contributed by atoms with Crippen molar-refractivity contribution in [3.05, 3.63) is 28.7 Å². The van der Waals surface area contributed by atoms with Crippen LogP contribution in [0.15, 0.2) is 28.7 Å². The summed E-state index contributed by atoms with van der Waals surface area (Å²) in [6, 6.07) is 7.72. The average Bonchev–Trinajstić information content (AvgIpc) is 2.28. The van der Waals surface area contributed by atoms with E-state index in [0.29, 0.717) is 18.8 Å². The van der Waals surface area contributed by atoms with Gasteiger partial charge in [0.1, 0.15) is 11.5 Å². The van der Waals surface area contributed by atoms with Crippen molar-refractivity contribution in [1.29, 1.82) is 0 Å². The maximum absolute atomic E-state index is 11.3. The van der Waals surface area contributed by atoms with Gasteiger partial charge in [-0.2, -0.15) is 0 Å². The number of carbonyl (C=O) groups is 1. The number of benzene rings is 1. The first-order chi connectivity index (χ1) is 7.63. The molecule has 0 bridgehead atoms. The van der Waals surface area contributed by atoms with Gasteiger partial charge < -0.3 is 4.74 Å². The SMILES string of the molecule is CCC(=O)C(C)CCOc1cccc(Br)c1. The molecule has 0 saturated heterocycles. The van der Waals surface area contributed by atoms with E-state index in [0.717, 1.165) is 16.6 Å². The second-order valence-electron chi connectivity index (χ2n) is 3.82. The van der Waals surface area contributed by atoms with Crippen molar-refractivity contribution in [2.45, 2.75) is 26.7 Å². The average molecular weight is 285 g/mol. The van der Waals surface area contributed by atoms with Crippen molar-refractivity contribution in [2.24, 2.45) is 5.92 Å². The fraction of sp³-hybridized carbons (Fsp3) is 0.462. The standard InChI is InChI=1S/C13H17BrO2/c1-3-13(15)10(2)7-8-16-12-6-4-5-11(14)9-12/h4-6,9-10H,3,7-8H2,1-2H3. The van der Waals surface area contributed by atoms with E-state index in [2.05, 4.69) is 15.9 Å². The molecule has 0 aliphatic heterocycles. The Labute approximate surface area is 105 Å². The number of hydrogen-bond acceptors (Lipinski definition) is 2. The Kier molecular flexibility index (Phi) is 5.53. The molecule has 0 amide bonds. The van der Waals surface area contributed by atoms with Gasteiger partial charge in [-0.1, -0.05) is 35.8 Å². The van der Waals surface area contributed by atoms with Crippen molar-refractivity contribution in [1.82, 2.24) is 0 Å². The van der Waals surface area contributed by atoms with E-state index >= 15 is 0 Å². The predicted octanol–water partition coefficient (Wildman–Crippen LogP) is 3.83. The number of ether oxygens (including phenoxy) is 1. The van der Waals surface area contributed by atoms with Crippen LogP contribution in [-0.4, -0.2) is 12.4 Å². The monoisotopic (exact) mass is 284 g/mol. The second-order valence-corrected chi connectivity index (χ2v) is 4.73. The van der Waals surface area contributed by atoms with Crippen molar-refractivity contribution >= 4 is 21.7 Å². The third-order valence-corrected chi connectivity index (χ3v) is 3.01. The highest BCUT2D eigenvalue weighted by Crippen LogP contribution is 2.18. The first kappa shape index (κ1) is 13.2. The highest BCUT2D eigenvalue weighted by Gasteiger charge is 2.10. The molecule has 88 valence electrons. The molecule has 0 heterocycles. The van der Waals surface area contributed by atoms with Crippen LogP contribution in [0.3, 0.4) is 0 Å². The van der Waals surface area contributed by atoms with E-state index in [4.69, 9.17) is 4.74 Å². The zero-order valence-corrected chi connectivity index (χ0v) is 11.3. The Bertz CT molecular complexity index is 350. The summed E-state index contributed by atoms with van der Waals surface area (Å²) >= 11 is 3.38. The van der Waals surface area contributed by atoms with E-state index < -0.39 is 0 Å². The van der Waals surface area contributed by atoms with Crippen molar-refractivity contribution in [3.8, 4) is 5.75 Å². The molecule has 16 heavy (non-hydrogen) atoms. The lowest BCUT2D eigenvalue weighted by Gasteiger charge is -2.10. The molecule has 0 radical (unpaired) electrons. The third kappa shape index (κ3) is 4.35. The van der Waals surface area contributed by atoms with E-state index in [1.807, 2.05) is 38.1 Å². The van der Waals surface area contributed by atoms with Gasteiger partial charge in [-0.05, 0) is 24.6 Å². The quantitative estimate of drug-likeness (QED) is 0.794. The summed E-state index contributed by atoms with van der Waals surface area (Å²) < 4.78 is 6.57. The molecule has 0 aliphatic rings. The molecule has 1 atom stereocenters. The van der Waals surface area contributed by atoms with Crippen LogP contribution < -0.4 is 4.74 Å². The number of carbonyl (C=O) groups excluding carboxylic acids is 1. The topological polar surface area (TPSA) is 26.3 Å². The van der Waals surface area contributed by atoms with Crippen LogP contribution in [0.1, 0.15) is 26.7 Å². The molecule has 0 aromatic heterocycles. The van der Waals surface area contributed by atoms with Crippen molar-refractivity contribution in [3.63, 3.8) is 0 Å². The second kappa shape index (κ2) is 6.69. The molecule has 3 heteroatoms. The third-order valence-electron chi connectivity index (χ3n) is 2.51. The van der Waals surface area contributed by atoms with Crippen LogP contribution in [0, 0.1) is 5.92 Å². The minimum absolute atomic E-state index is 0.0946. The van der Waals surface area contributed by atoms with Gasteiger partial charge in [-0.15, -0.1) is 0 Å². The summed E-state index contributed by atoms with van der Waals surface area (Å²) in [4.78, 5) is 11.3. The zero-order chi connectivity index (χ0) is 12.0. The van der Waals surface area contributed by atoms with Crippen LogP contribution in [0.5, 0.6) is 5.75 Å². The maximum atomic E-state index is 11.3. The van der Waals surface area contributed by atoms with E-state index in [1.54, 1.807) is 0 Å². The van der Waals surface area contributed by atoms with E-state index in [1.165, 1.54) is 0 Å². The Morgan fingerprint density at radius 3 is 2.88 bits per heavy atom. The molecular formula is C13H17BrO2. The zero-order valence-electron chi connectivity index (χ0n) is 9.70. The number of halogens is 1. The van der Waals surface area contributed by atoms with Gasteiger partial charge in [-0.25, -0.2) is 0 Å². The summed E-state index contributed by atoms with van der Waals surface area (Å²) in [7, 11) is 0. The summed E-state index contributed by atoms with van der Waals surface area (Å²) in [5, 5.41) is 0. The van der Waals surface area contributed by atoms with Crippen molar-refractivity contribution in [2.75, 3.05) is 6.61 Å². The van der Waals surface area contributed by atoms with E-state index in [-0.39, 0.29) is 5.92 Å². The Morgan fingerprint density at radius 1 is 1.50 bits per heavy atom. The summed E-state index contributed by atoms with van der Waals surface area (Å²) in [5.41, 5.74) is 0. The molecular weight excluding hydrogens is 268 g/mol. The molecule has 0 fully saturated rings. The number of hydrogen-bond donors (Lipinski definition) is 0. The minimum atomic E-state index is 0.0946. The molecule has 0 saturated carbocycles.